The molecule has 1 heterocycles. The highest BCUT2D eigenvalue weighted by atomic mass is 79.9. The van der Waals surface area contributed by atoms with Gasteiger partial charge in [0.25, 0.3) is 0 Å². The smallest absolute Gasteiger partial charge is 0.0704 e. The summed E-state index contributed by atoms with van der Waals surface area (Å²) in [6.07, 6.45) is 0. The van der Waals surface area contributed by atoms with Gasteiger partial charge in [0.1, 0.15) is 0 Å². The van der Waals surface area contributed by atoms with Gasteiger partial charge in [-0.15, -0.1) is 22.9 Å². The van der Waals surface area contributed by atoms with Gasteiger partial charge >= 0.3 is 0 Å². The molecular formula is C11H16BrClS. The summed E-state index contributed by atoms with van der Waals surface area (Å²) in [6, 6.07) is 2.15. The third-order valence-corrected chi connectivity index (χ3v) is 4.94. The van der Waals surface area contributed by atoms with E-state index in [1.54, 1.807) is 11.3 Å². The number of alkyl halides is 1. The molecule has 2 unspecified atom stereocenters. The van der Waals surface area contributed by atoms with E-state index in [0.29, 0.717) is 11.8 Å². The highest BCUT2D eigenvalue weighted by Crippen LogP contribution is 2.39. The average Bonchev–Trinajstić information content (AvgIpc) is 2.42. The minimum Gasteiger partial charge on any atom is -0.133 e. The molecule has 0 N–H and O–H groups in total. The summed E-state index contributed by atoms with van der Waals surface area (Å²) < 4.78 is 1.17. The Morgan fingerprint density at radius 2 is 1.93 bits per heavy atom. The van der Waals surface area contributed by atoms with Crippen LogP contribution in [-0.4, -0.2) is 0 Å². The second kappa shape index (κ2) is 5.00. The van der Waals surface area contributed by atoms with E-state index in [1.807, 2.05) is 0 Å². The van der Waals surface area contributed by atoms with Gasteiger partial charge in [-0.25, -0.2) is 0 Å². The van der Waals surface area contributed by atoms with Crippen molar-refractivity contribution in [2.24, 2.45) is 11.8 Å². The molecule has 0 bridgehead atoms. The fraction of sp³-hybridized carbons (Fsp3) is 0.636. The second-order valence-electron chi connectivity index (χ2n) is 4.07. The lowest BCUT2D eigenvalue weighted by molar-refractivity contribution is 0.406. The molecule has 0 aliphatic rings. The van der Waals surface area contributed by atoms with Crippen LogP contribution in [0.3, 0.4) is 0 Å². The van der Waals surface area contributed by atoms with Crippen molar-refractivity contribution in [3.8, 4) is 0 Å². The van der Waals surface area contributed by atoms with Gasteiger partial charge < -0.3 is 0 Å². The largest absolute Gasteiger partial charge is 0.133 e. The summed E-state index contributed by atoms with van der Waals surface area (Å²) in [6.45, 7) is 8.79. The maximum Gasteiger partial charge on any atom is 0.0704 e. The van der Waals surface area contributed by atoms with Gasteiger partial charge in [-0.05, 0) is 46.3 Å². The van der Waals surface area contributed by atoms with Crippen LogP contribution in [0.5, 0.6) is 0 Å². The Hall–Kier alpha value is 0.470. The van der Waals surface area contributed by atoms with Crippen molar-refractivity contribution < 1.29 is 0 Å². The molecule has 1 aromatic heterocycles. The zero-order valence-electron chi connectivity index (χ0n) is 8.97. The van der Waals surface area contributed by atoms with E-state index in [2.05, 4.69) is 49.7 Å². The Morgan fingerprint density at radius 3 is 2.29 bits per heavy atom. The molecule has 0 saturated heterocycles. The Bertz CT molecular complexity index is 306. The average molecular weight is 296 g/mol. The molecule has 0 spiro atoms. The topological polar surface area (TPSA) is 0 Å². The van der Waals surface area contributed by atoms with Crippen LogP contribution in [0.1, 0.15) is 36.6 Å². The van der Waals surface area contributed by atoms with Crippen LogP contribution < -0.4 is 0 Å². The summed E-state index contributed by atoms with van der Waals surface area (Å²) in [4.78, 5) is 1.32. The molecule has 0 saturated carbocycles. The first-order chi connectivity index (χ1) is 6.43. The molecule has 0 aliphatic heterocycles. The van der Waals surface area contributed by atoms with E-state index in [1.165, 1.54) is 14.2 Å². The van der Waals surface area contributed by atoms with E-state index < -0.39 is 0 Å². The third-order valence-electron chi connectivity index (χ3n) is 2.74. The Balaban J connectivity index is 2.88. The lowest BCUT2D eigenvalue weighted by Crippen LogP contribution is -2.10. The standard InChI is InChI=1S/C11H16BrClS/c1-6(2)7(3)11(13)9-5-10(12)14-8(9)4/h5-7,11H,1-4H3. The summed E-state index contributed by atoms with van der Waals surface area (Å²) in [5.41, 5.74) is 1.28. The van der Waals surface area contributed by atoms with Crippen molar-refractivity contribution in [3.05, 3.63) is 20.3 Å². The number of halogens is 2. The lowest BCUT2D eigenvalue weighted by Gasteiger charge is -2.21. The van der Waals surface area contributed by atoms with Crippen LogP contribution >= 0.6 is 38.9 Å². The van der Waals surface area contributed by atoms with Gasteiger partial charge in [-0.2, -0.15) is 0 Å². The maximum atomic E-state index is 6.46. The maximum absolute atomic E-state index is 6.46. The molecule has 0 fully saturated rings. The highest BCUT2D eigenvalue weighted by molar-refractivity contribution is 9.11. The van der Waals surface area contributed by atoms with Crippen LogP contribution in [-0.2, 0) is 0 Å². The minimum absolute atomic E-state index is 0.137. The summed E-state index contributed by atoms with van der Waals surface area (Å²) in [7, 11) is 0. The van der Waals surface area contributed by atoms with Crippen molar-refractivity contribution in [1.29, 1.82) is 0 Å². The van der Waals surface area contributed by atoms with Crippen LogP contribution in [0.2, 0.25) is 0 Å². The van der Waals surface area contributed by atoms with Crippen molar-refractivity contribution in [2.45, 2.75) is 33.1 Å². The van der Waals surface area contributed by atoms with E-state index >= 15 is 0 Å². The van der Waals surface area contributed by atoms with Crippen molar-refractivity contribution in [1.82, 2.24) is 0 Å². The molecule has 0 nitrogen and oxygen atoms in total. The van der Waals surface area contributed by atoms with Gasteiger partial charge in [0, 0.05) is 4.88 Å². The van der Waals surface area contributed by atoms with Gasteiger partial charge in [-0.1, -0.05) is 20.8 Å². The first-order valence-electron chi connectivity index (χ1n) is 4.83. The Morgan fingerprint density at radius 1 is 1.36 bits per heavy atom. The summed E-state index contributed by atoms with van der Waals surface area (Å²) >= 11 is 11.7. The molecule has 2 atom stereocenters. The summed E-state index contributed by atoms with van der Waals surface area (Å²) in [5.74, 6) is 1.13. The number of rotatable bonds is 3. The quantitative estimate of drug-likeness (QED) is 0.656. The van der Waals surface area contributed by atoms with Crippen molar-refractivity contribution >= 4 is 38.9 Å². The first-order valence-corrected chi connectivity index (χ1v) is 6.88. The van der Waals surface area contributed by atoms with Crippen LogP contribution in [0.4, 0.5) is 0 Å². The lowest BCUT2D eigenvalue weighted by atomic mass is 9.91. The zero-order chi connectivity index (χ0) is 10.9. The zero-order valence-corrected chi connectivity index (χ0v) is 12.1. The number of aryl methyl sites for hydroxylation is 1. The molecule has 1 rings (SSSR count). The Labute approximate surface area is 104 Å². The number of thiophene rings is 1. The highest BCUT2D eigenvalue weighted by Gasteiger charge is 2.22. The number of hydrogen-bond acceptors (Lipinski definition) is 1. The van der Waals surface area contributed by atoms with Gasteiger partial charge in [0.2, 0.25) is 0 Å². The second-order valence-corrected chi connectivity index (χ2v) is 7.17. The number of hydrogen-bond donors (Lipinski definition) is 0. The fourth-order valence-electron chi connectivity index (χ4n) is 1.35. The monoisotopic (exact) mass is 294 g/mol. The molecule has 1 aromatic rings. The minimum atomic E-state index is 0.137. The molecule has 0 aromatic carbocycles. The van der Waals surface area contributed by atoms with E-state index in [9.17, 15) is 0 Å². The SMILES string of the molecule is Cc1sc(Br)cc1C(Cl)C(C)C(C)C. The molecular weight excluding hydrogens is 280 g/mol. The first kappa shape index (κ1) is 12.5. The van der Waals surface area contributed by atoms with E-state index in [0.717, 1.165) is 0 Å². The molecule has 0 amide bonds. The fourth-order valence-corrected chi connectivity index (χ4v) is 3.69. The van der Waals surface area contributed by atoms with Crippen LogP contribution in [0.15, 0.2) is 9.85 Å². The molecule has 0 aliphatic carbocycles. The predicted molar refractivity (Wildman–Crippen MR) is 69.4 cm³/mol. The van der Waals surface area contributed by atoms with E-state index in [4.69, 9.17) is 11.6 Å². The third kappa shape index (κ3) is 2.74. The van der Waals surface area contributed by atoms with Crippen LogP contribution in [0.25, 0.3) is 0 Å². The van der Waals surface area contributed by atoms with Gasteiger partial charge in [0.05, 0.1) is 9.16 Å². The molecule has 0 radical (unpaired) electrons. The van der Waals surface area contributed by atoms with Crippen molar-refractivity contribution in [3.63, 3.8) is 0 Å². The molecule has 3 heteroatoms. The van der Waals surface area contributed by atoms with Gasteiger partial charge in [0.15, 0.2) is 0 Å². The molecule has 80 valence electrons. The predicted octanol–water partition coefficient (Wildman–Crippen LogP) is 5.39. The van der Waals surface area contributed by atoms with Gasteiger partial charge in [-0.3, -0.25) is 0 Å². The van der Waals surface area contributed by atoms with Crippen molar-refractivity contribution in [2.75, 3.05) is 0 Å². The Kier molecular flexibility index (Phi) is 4.48. The normalized spacial score (nSPS) is 15.9. The van der Waals surface area contributed by atoms with Crippen LogP contribution in [0, 0.1) is 18.8 Å². The van der Waals surface area contributed by atoms with E-state index in [-0.39, 0.29) is 5.38 Å². The summed E-state index contributed by atoms with van der Waals surface area (Å²) in [5, 5.41) is 0.137. The molecule has 14 heavy (non-hydrogen) atoms.